The van der Waals surface area contributed by atoms with E-state index in [9.17, 15) is 4.79 Å². The van der Waals surface area contributed by atoms with Crippen LogP contribution < -0.4 is 4.90 Å². The molecule has 1 aromatic carbocycles. The van der Waals surface area contributed by atoms with Crippen LogP contribution in [0.15, 0.2) is 18.2 Å². The van der Waals surface area contributed by atoms with E-state index in [1.54, 1.807) is 0 Å². The molecular formula is C15H23NO. The van der Waals surface area contributed by atoms with Crippen LogP contribution in [0.4, 0.5) is 5.69 Å². The molecule has 0 atom stereocenters. The lowest BCUT2D eigenvalue weighted by Crippen LogP contribution is -2.34. The number of benzene rings is 1. The van der Waals surface area contributed by atoms with Gasteiger partial charge >= 0.3 is 0 Å². The second-order valence-corrected chi connectivity index (χ2v) is 5.32. The van der Waals surface area contributed by atoms with Gasteiger partial charge in [-0.15, -0.1) is 0 Å². The number of anilines is 1. The predicted molar refractivity (Wildman–Crippen MR) is 73.9 cm³/mol. The Bertz CT molecular complexity index is 383. The minimum absolute atomic E-state index is 0.402. The smallest absolute Gasteiger partial charge is 0.152 e. The van der Waals surface area contributed by atoms with Crippen LogP contribution in [0.1, 0.15) is 43.6 Å². The lowest BCUT2D eigenvalue weighted by molar-refractivity contribution is 0.112. The Morgan fingerprint density at radius 1 is 1.24 bits per heavy atom. The van der Waals surface area contributed by atoms with Crippen molar-refractivity contribution in [3.8, 4) is 0 Å². The summed E-state index contributed by atoms with van der Waals surface area (Å²) >= 11 is 0. The number of hydrogen-bond acceptors (Lipinski definition) is 2. The van der Waals surface area contributed by atoms with Crippen molar-refractivity contribution in [3.05, 3.63) is 29.3 Å². The molecule has 94 valence electrons. The largest absolute Gasteiger partial charge is 0.368 e. The highest BCUT2D eigenvalue weighted by molar-refractivity contribution is 5.85. The molecule has 2 nitrogen and oxygen atoms in total. The van der Waals surface area contributed by atoms with Crippen molar-refractivity contribution in [1.82, 2.24) is 0 Å². The molecule has 0 fully saturated rings. The molecule has 0 unspecified atom stereocenters. The van der Waals surface area contributed by atoms with Gasteiger partial charge in [-0.3, -0.25) is 4.79 Å². The van der Waals surface area contributed by atoms with Crippen LogP contribution in [-0.4, -0.2) is 18.9 Å². The molecule has 0 amide bonds. The standard InChI is InChI=1S/C15H23NO/c1-11(2)9-16(12(3)4)15-7-6-13(5)8-14(15)10-17/h6-8,10-12H,9H2,1-5H3. The van der Waals surface area contributed by atoms with Crippen molar-refractivity contribution in [2.45, 2.75) is 40.7 Å². The summed E-state index contributed by atoms with van der Waals surface area (Å²) < 4.78 is 0. The molecule has 0 aliphatic rings. The zero-order valence-corrected chi connectivity index (χ0v) is 11.5. The highest BCUT2D eigenvalue weighted by Gasteiger charge is 2.15. The summed E-state index contributed by atoms with van der Waals surface area (Å²) in [6.45, 7) is 11.7. The first-order chi connectivity index (χ1) is 7.95. The Kier molecular flexibility index (Phi) is 4.73. The molecule has 0 aliphatic carbocycles. The van der Waals surface area contributed by atoms with E-state index in [1.165, 1.54) is 0 Å². The minimum Gasteiger partial charge on any atom is -0.368 e. The van der Waals surface area contributed by atoms with E-state index in [-0.39, 0.29) is 0 Å². The van der Waals surface area contributed by atoms with Gasteiger partial charge in [0.15, 0.2) is 6.29 Å². The highest BCUT2D eigenvalue weighted by atomic mass is 16.1. The first-order valence-corrected chi connectivity index (χ1v) is 6.28. The van der Waals surface area contributed by atoms with Gasteiger partial charge in [-0.2, -0.15) is 0 Å². The summed E-state index contributed by atoms with van der Waals surface area (Å²) in [6.07, 6.45) is 0.956. The number of nitrogens with zero attached hydrogens (tertiary/aromatic N) is 1. The van der Waals surface area contributed by atoms with Crippen molar-refractivity contribution in [1.29, 1.82) is 0 Å². The molecule has 0 spiro atoms. The maximum Gasteiger partial charge on any atom is 0.152 e. The molecule has 0 bridgehead atoms. The maximum absolute atomic E-state index is 11.2. The number of rotatable bonds is 5. The van der Waals surface area contributed by atoms with Crippen LogP contribution in [-0.2, 0) is 0 Å². The van der Waals surface area contributed by atoms with Crippen molar-refractivity contribution < 1.29 is 4.79 Å². The fourth-order valence-corrected chi connectivity index (χ4v) is 2.01. The average molecular weight is 233 g/mol. The summed E-state index contributed by atoms with van der Waals surface area (Å²) in [5, 5.41) is 0. The number of hydrogen-bond donors (Lipinski definition) is 0. The molecule has 0 saturated carbocycles. The van der Waals surface area contributed by atoms with Gasteiger partial charge in [-0.25, -0.2) is 0 Å². The summed E-state index contributed by atoms with van der Waals surface area (Å²) in [5.41, 5.74) is 2.97. The van der Waals surface area contributed by atoms with E-state index < -0.39 is 0 Å². The normalized spacial score (nSPS) is 11.0. The molecule has 17 heavy (non-hydrogen) atoms. The first-order valence-electron chi connectivity index (χ1n) is 6.28. The van der Waals surface area contributed by atoms with Gasteiger partial charge < -0.3 is 4.90 Å². The van der Waals surface area contributed by atoms with E-state index in [4.69, 9.17) is 0 Å². The van der Waals surface area contributed by atoms with Crippen molar-refractivity contribution in [3.63, 3.8) is 0 Å². The van der Waals surface area contributed by atoms with E-state index in [0.717, 1.165) is 29.6 Å². The van der Waals surface area contributed by atoms with Crippen LogP contribution in [0.3, 0.4) is 0 Å². The summed E-state index contributed by atoms with van der Waals surface area (Å²) in [7, 11) is 0. The quantitative estimate of drug-likeness (QED) is 0.723. The lowest BCUT2D eigenvalue weighted by Gasteiger charge is -2.31. The number of carbonyl (C=O) groups excluding carboxylic acids is 1. The molecule has 0 heterocycles. The van der Waals surface area contributed by atoms with Gasteiger partial charge in [0.25, 0.3) is 0 Å². The number of aldehydes is 1. The van der Waals surface area contributed by atoms with Gasteiger partial charge in [0, 0.05) is 23.8 Å². The fraction of sp³-hybridized carbons (Fsp3) is 0.533. The Hall–Kier alpha value is -1.31. The van der Waals surface area contributed by atoms with Crippen LogP contribution in [0.5, 0.6) is 0 Å². The Labute approximate surface area is 105 Å². The first kappa shape index (κ1) is 13.8. The van der Waals surface area contributed by atoms with Gasteiger partial charge in [0.05, 0.1) is 0 Å². The van der Waals surface area contributed by atoms with Crippen LogP contribution in [0, 0.1) is 12.8 Å². The second kappa shape index (κ2) is 5.85. The molecule has 1 aromatic rings. The topological polar surface area (TPSA) is 20.3 Å². The molecule has 0 radical (unpaired) electrons. The van der Waals surface area contributed by atoms with Crippen LogP contribution in [0.2, 0.25) is 0 Å². The Morgan fingerprint density at radius 3 is 2.35 bits per heavy atom. The molecule has 2 heteroatoms. The fourth-order valence-electron chi connectivity index (χ4n) is 2.01. The number of aryl methyl sites for hydroxylation is 1. The average Bonchev–Trinajstić information content (AvgIpc) is 2.25. The summed E-state index contributed by atoms with van der Waals surface area (Å²) in [5.74, 6) is 0.582. The molecule has 0 N–H and O–H groups in total. The zero-order valence-electron chi connectivity index (χ0n) is 11.5. The van der Waals surface area contributed by atoms with Crippen molar-refractivity contribution in [2.24, 2.45) is 5.92 Å². The zero-order chi connectivity index (χ0) is 13.0. The third kappa shape index (κ3) is 3.58. The summed E-state index contributed by atoms with van der Waals surface area (Å²) in [4.78, 5) is 13.5. The van der Waals surface area contributed by atoms with Gasteiger partial charge in [0.2, 0.25) is 0 Å². The summed E-state index contributed by atoms with van der Waals surface area (Å²) in [6, 6.07) is 6.48. The van der Waals surface area contributed by atoms with E-state index in [2.05, 4.69) is 44.7 Å². The third-order valence-corrected chi connectivity index (χ3v) is 2.80. The SMILES string of the molecule is Cc1ccc(N(CC(C)C)C(C)C)c(C=O)c1. The van der Waals surface area contributed by atoms with Crippen LogP contribution >= 0.6 is 0 Å². The minimum atomic E-state index is 0.402. The van der Waals surface area contributed by atoms with E-state index in [0.29, 0.717) is 12.0 Å². The predicted octanol–water partition coefficient (Wildman–Crippen LogP) is 3.68. The second-order valence-electron chi connectivity index (χ2n) is 5.32. The lowest BCUT2D eigenvalue weighted by atomic mass is 10.1. The highest BCUT2D eigenvalue weighted by Crippen LogP contribution is 2.23. The maximum atomic E-state index is 11.2. The Morgan fingerprint density at radius 2 is 1.88 bits per heavy atom. The molecule has 1 rings (SSSR count). The van der Waals surface area contributed by atoms with Gasteiger partial charge in [0.1, 0.15) is 0 Å². The van der Waals surface area contributed by atoms with E-state index in [1.807, 2.05) is 13.0 Å². The molecule has 0 aromatic heterocycles. The van der Waals surface area contributed by atoms with Gasteiger partial charge in [-0.1, -0.05) is 25.5 Å². The Balaban J connectivity index is 3.13. The molecule has 0 aliphatic heterocycles. The number of carbonyl (C=O) groups is 1. The third-order valence-electron chi connectivity index (χ3n) is 2.80. The van der Waals surface area contributed by atoms with Crippen molar-refractivity contribution in [2.75, 3.05) is 11.4 Å². The van der Waals surface area contributed by atoms with Crippen LogP contribution in [0.25, 0.3) is 0 Å². The molecule has 0 saturated heterocycles. The van der Waals surface area contributed by atoms with Crippen molar-refractivity contribution >= 4 is 12.0 Å². The van der Waals surface area contributed by atoms with E-state index >= 15 is 0 Å². The molecular weight excluding hydrogens is 210 g/mol. The van der Waals surface area contributed by atoms with Gasteiger partial charge in [-0.05, 0) is 38.8 Å². The monoisotopic (exact) mass is 233 g/mol.